The van der Waals surface area contributed by atoms with Crippen molar-refractivity contribution in [3.63, 3.8) is 0 Å². The number of fused-ring (bicyclic) bond motifs is 4. The van der Waals surface area contributed by atoms with Gasteiger partial charge in [0.15, 0.2) is 11.4 Å². The molecule has 1 aromatic heterocycles. The standard InChI is InChI=1S/C22H23F2N3O5/c1-11-3-6-17(32-2)16-10-26(11)22(31)18-20(29)19(28)14(9-27(16)18)21(30)25-8-12-4-5-13(23)7-15(12)24/h4-5,7,9,11,16-17,29H,3,6,8,10H2,1-2H3,(H,25,30)/t11-,16?,17+/m1/s1. The lowest BCUT2D eigenvalue weighted by Crippen LogP contribution is -2.49. The summed E-state index contributed by atoms with van der Waals surface area (Å²) in [6, 6.07) is 2.44. The van der Waals surface area contributed by atoms with Gasteiger partial charge in [-0.1, -0.05) is 6.07 Å². The molecule has 8 nitrogen and oxygen atoms in total. The molecular formula is C22H23F2N3O5. The Morgan fingerprint density at radius 2 is 2.03 bits per heavy atom. The van der Waals surface area contributed by atoms with Crippen LogP contribution in [0.3, 0.4) is 0 Å². The molecule has 3 heterocycles. The summed E-state index contributed by atoms with van der Waals surface area (Å²) in [5.74, 6) is -3.74. The molecule has 2 aliphatic heterocycles. The Bertz CT molecular complexity index is 1150. The van der Waals surface area contributed by atoms with Crippen molar-refractivity contribution in [1.29, 1.82) is 0 Å². The highest BCUT2D eigenvalue weighted by Gasteiger charge is 2.42. The van der Waals surface area contributed by atoms with E-state index in [0.717, 1.165) is 6.07 Å². The van der Waals surface area contributed by atoms with E-state index < -0.39 is 40.7 Å². The van der Waals surface area contributed by atoms with Gasteiger partial charge in [-0.3, -0.25) is 14.4 Å². The smallest absolute Gasteiger partial charge is 0.274 e. The van der Waals surface area contributed by atoms with Crippen molar-refractivity contribution in [2.24, 2.45) is 0 Å². The molecular weight excluding hydrogens is 424 g/mol. The second-order valence-electron chi connectivity index (χ2n) is 8.12. The number of aromatic hydroxyl groups is 1. The molecule has 0 spiro atoms. The van der Waals surface area contributed by atoms with Gasteiger partial charge in [-0.15, -0.1) is 0 Å². The van der Waals surface area contributed by atoms with Crippen molar-refractivity contribution in [3.8, 4) is 5.75 Å². The van der Waals surface area contributed by atoms with Gasteiger partial charge < -0.3 is 24.6 Å². The molecule has 2 amide bonds. The van der Waals surface area contributed by atoms with E-state index in [4.69, 9.17) is 4.74 Å². The Labute approximate surface area is 182 Å². The number of carbonyl (C=O) groups excluding carboxylic acids is 2. The lowest BCUT2D eigenvalue weighted by molar-refractivity contribution is 0.0330. The zero-order valence-corrected chi connectivity index (χ0v) is 17.6. The number of rotatable bonds is 4. The van der Waals surface area contributed by atoms with Gasteiger partial charge in [-0.25, -0.2) is 8.78 Å². The summed E-state index contributed by atoms with van der Waals surface area (Å²) >= 11 is 0. The molecule has 1 unspecified atom stereocenters. The fourth-order valence-electron chi connectivity index (χ4n) is 4.40. The third kappa shape index (κ3) is 3.64. The van der Waals surface area contributed by atoms with E-state index in [1.807, 2.05) is 6.92 Å². The fraction of sp³-hybridized carbons (Fsp3) is 0.409. The van der Waals surface area contributed by atoms with Gasteiger partial charge in [0.1, 0.15) is 17.2 Å². The monoisotopic (exact) mass is 447 g/mol. The Balaban J connectivity index is 1.71. The van der Waals surface area contributed by atoms with Crippen LogP contribution in [0.5, 0.6) is 5.75 Å². The second-order valence-corrected chi connectivity index (χ2v) is 8.12. The third-order valence-electron chi connectivity index (χ3n) is 6.25. The van der Waals surface area contributed by atoms with Crippen LogP contribution in [0.15, 0.2) is 29.2 Å². The van der Waals surface area contributed by atoms with Gasteiger partial charge in [0.25, 0.3) is 11.8 Å². The van der Waals surface area contributed by atoms with Crippen LogP contribution < -0.4 is 10.7 Å². The number of ether oxygens (including phenoxy) is 1. The lowest BCUT2D eigenvalue weighted by atomic mass is 10.0. The molecule has 0 saturated carbocycles. The van der Waals surface area contributed by atoms with Crippen molar-refractivity contribution in [3.05, 3.63) is 63.1 Å². The van der Waals surface area contributed by atoms with E-state index in [1.165, 1.54) is 16.8 Å². The molecule has 0 radical (unpaired) electrons. The molecule has 1 aromatic carbocycles. The first-order chi connectivity index (χ1) is 15.2. The molecule has 3 atom stereocenters. The molecule has 1 saturated heterocycles. The van der Waals surface area contributed by atoms with Gasteiger partial charge in [0, 0.05) is 44.1 Å². The minimum atomic E-state index is -0.997. The molecule has 1 fully saturated rings. The Morgan fingerprint density at radius 3 is 2.72 bits per heavy atom. The average molecular weight is 447 g/mol. The van der Waals surface area contributed by atoms with Crippen molar-refractivity contribution in [2.45, 2.75) is 44.5 Å². The Kier molecular flexibility index (Phi) is 5.72. The van der Waals surface area contributed by atoms with Crippen LogP contribution in [-0.2, 0) is 11.3 Å². The number of halogens is 2. The van der Waals surface area contributed by atoms with Crippen molar-refractivity contribution in [1.82, 2.24) is 14.8 Å². The van der Waals surface area contributed by atoms with Crippen molar-refractivity contribution >= 4 is 11.8 Å². The SMILES string of the molecule is CO[C@H]1CC[C@@H](C)N2CC1n1cc(C(=O)NCc3ccc(F)cc3F)c(=O)c(O)c1C2=O. The molecule has 32 heavy (non-hydrogen) atoms. The summed E-state index contributed by atoms with van der Waals surface area (Å²) in [4.78, 5) is 40.1. The summed E-state index contributed by atoms with van der Waals surface area (Å²) in [6.07, 6.45) is 2.30. The molecule has 170 valence electrons. The van der Waals surface area contributed by atoms with E-state index in [1.54, 1.807) is 12.0 Å². The van der Waals surface area contributed by atoms with E-state index in [9.17, 15) is 28.3 Å². The number of benzene rings is 1. The van der Waals surface area contributed by atoms with Crippen LogP contribution in [0.4, 0.5) is 8.78 Å². The molecule has 0 aliphatic carbocycles. The number of aromatic nitrogens is 1. The largest absolute Gasteiger partial charge is 0.503 e. The van der Waals surface area contributed by atoms with E-state index >= 15 is 0 Å². The Hall–Kier alpha value is -3.27. The number of pyridine rings is 1. The minimum absolute atomic E-state index is 0.0325. The molecule has 2 aliphatic rings. The summed E-state index contributed by atoms with van der Waals surface area (Å²) in [5, 5.41) is 13.0. The van der Waals surface area contributed by atoms with Gasteiger partial charge in [0.05, 0.1) is 12.1 Å². The number of methoxy groups -OCH3 is 1. The second kappa shape index (κ2) is 8.34. The molecule has 2 aromatic rings. The van der Waals surface area contributed by atoms with Crippen LogP contribution in [0, 0.1) is 11.6 Å². The molecule has 4 rings (SSSR count). The first-order valence-corrected chi connectivity index (χ1v) is 10.3. The number of nitrogens with one attached hydrogen (secondary N) is 1. The minimum Gasteiger partial charge on any atom is -0.503 e. The quantitative estimate of drug-likeness (QED) is 0.746. The summed E-state index contributed by atoms with van der Waals surface area (Å²) in [7, 11) is 1.55. The van der Waals surface area contributed by atoms with Gasteiger partial charge in [0.2, 0.25) is 5.43 Å². The zero-order valence-electron chi connectivity index (χ0n) is 17.6. The van der Waals surface area contributed by atoms with Gasteiger partial charge >= 0.3 is 0 Å². The highest BCUT2D eigenvalue weighted by molar-refractivity contribution is 5.99. The van der Waals surface area contributed by atoms with Gasteiger partial charge in [-0.2, -0.15) is 0 Å². The molecule has 10 heteroatoms. The van der Waals surface area contributed by atoms with Crippen LogP contribution in [0.25, 0.3) is 0 Å². The number of nitrogens with zero attached hydrogens (tertiary/aromatic N) is 2. The van der Waals surface area contributed by atoms with Crippen molar-refractivity contribution in [2.75, 3.05) is 13.7 Å². The molecule has 2 N–H and O–H groups in total. The fourth-order valence-corrected chi connectivity index (χ4v) is 4.40. The maximum atomic E-state index is 13.9. The predicted octanol–water partition coefficient (Wildman–Crippen LogP) is 1.96. The Morgan fingerprint density at radius 1 is 1.28 bits per heavy atom. The summed E-state index contributed by atoms with van der Waals surface area (Å²) in [6.45, 7) is 1.92. The molecule has 2 bridgehead atoms. The average Bonchev–Trinajstić information content (AvgIpc) is 2.90. The van der Waals surface area contributed by atoms with Crippen LogP contribution >= 0.6 is 0 Å². The third-order valence-corrected chi connectivity index (χ3v) is 6.25. The highest BCUT2D eigenvalue weighted by atomic mass is 19.1. The predicted molar refractivity (Wildman–Crippen MR) is 109 cm³/mol. The normalized spacial score (nSPS) is 22.3. The van der Waals surface area contributed by atoms with E-state index in [0.29, 0.717) is 25.5 Å². The maximum Gasteiger partial charge on any atom is 0.274 e. The topological polar surface area (TPSA) is 101 Å². The number of carbonyl (C=O) groups is 2. The summed E-state index contributed by atoms with van der Waals surface area (Å²) in [5.41, 5.74) is -1.53. The van der Waals surface area contributed by atoms with E-state index in [-0.39, 0.29) is 35.5 Å². The van der Waals surface area contributed by atoms with Crippen LogP contribution in [0.2, 0.25) is 0 Å². The number of hydrogen-bond acceptors (Lipinski definition) is 5. The number of hydrogen-bond donors (Lipinski definition) is 2. The zero-order chi connectivity index (χ0) is 23.2. The van der Waals surface area contributed by atoms with E-state index in [2.05, 4.69) is 5.32 Å². The highest BCUT2D eigenvalue weighted by Crippen LogP contribution is 2.35. The van der Waals surface area contributed by atoms with Crippen molar-refractivity contribution < 1.29 is 28.2 Å². The number of amides is 2. The first kappa shape index (κ1) is 21.9. The van der Waals surface area contributed by atoms with Crippen LogP contribution in [0.1, 0.15) is 52.2 Å². The van der Waals surface area contributed by atoms with Crippen LogP contribution in [-0.4, -0.2) is 52.2 Å². The maximum absolute atomic E-state index is 13.9. The first-order valence-electron chi connectivity index (χ1n) is 10.3. The van der Waals surface area contributed by atoms with Gasteiger partial charge in [-0.05, 0) is 25.8 Å². The summed E-state index contributed by atoms with van der Waals surface area (Å²) < 4.78 is 34.0. The lowest BCUT2D eigenvalue weighted by Gasteiger charge is -2.38.